The number of benzene rings is 1. The monoisotopic (exact) mass is 301 g/mol. The minimum atomic E-state index is -0.155. The SMILES string of the molecule is C=CCOc1cc(C(=O)NC[C@@H]2CCCO2)cc2occc12. The molecule has 3 rings (SSSR count). The van der Waals surface area contributed by atoms with E-state index in [1.165, 1.54) is 0 Å². The lowest BCUT2D eigenvalue weighted by atomic mass is 10.1. The minimum absolute atomic E-state index is 0.118. The first kappa shape index (κ1) is 14.7. The summed E-state index contributed by atoms with van der Waals surface area (Å²) in [5.41, 5.74) is 1.14. The molecule has 22 heavy (non-hydrogen) atoms. The second-order valence-corrected chi connectivity index (χ2v) is 5.25. The Hall–Kier alpha value is -2.27. The third-order valence-corrected chi connectivity index (χ3v) is 3.67. The molecule has 0 bridgehead atoms. The first-order valence-corrected chi connectivity index (χ1v) is 7.42. The molecule has 1 amide bonds. The van der Waals surface area contributed by atoms with Gasteiger partial charge in [-0.1, -0.05) is 12.7 Å². The van der Waals surface area contributed by atoms with E-state index in [4.69, 9.17) is 13.9 Å². The van der Waals surface area contributed by atoms with E-state index in [9.17, 15) is 4.79 Å². The maximum atomic E-state index is 12.3. The summed E-state index contributed by atoms with van der Waals surface area (Å²) in [5.74, 6) is 0.464. The van der Waals surface area contributed by atoms with E-state index in [-0.39, 0.29) is 12.0 Å². The normalized spacial score (nSPS) is 17.5. The summed E-state index contributed by atoms with van der Waals surface area (Å²) < 4.78 is 16.5. The van der Waals surface area contributed by atoms with Gasteiger partial charge in [-0.2, -0.15) is 0 Å². The van der Waals surface area contributed by atoms with Crippen LogP contribution >= 0.6 is 0 Å². The van der Waals surface area contributed by atoms with E-state index >= 15 is 0 Å². The van der Waals surface area contributed by atoms with Crippen LogP contribution in [0.4, 0.5) is 0 Å². The Balaban J connectivity index is 1.76. The van der Waals surface area contributed by atoms with Gasteiger partial charge in [-0.3, -0.25) is 4.79 Å². The van der Waals surface area contributed by atoms with Crippen LogP contribution in [0.1, 0.15) is 23.2 Å². The number of furan rings is 1. The van der Waals surface area contributed by atoms with Gasteiger partial charge >= 0.3 is 0 Å². The Bertz CT molecular complexity index is 670. The van der Waals surface area contributed by atoms with Crippen LogP contribution in [0.25, 0.3) is 11.0 Å². The van der Waals surface area contributed by atoms with Crippen LogP contribution in [0, 0.1) is 0 Å². The van der Waals surface area contributed by atoms with Crippen molar-refractivity contribution in [3.05, 3.63) is 42.7 Å². The van der Waals surface area contributed by atoms with E-state index in [0.29, 0.717) is 30.0 Å². The number of ether oxygens (including phenoxy) is 2. The second kappa shape index (κ2) is 6.66. The van der Waals surface area contributed by atoms with Crippen molar-refractivity contribution in [3.8, 4) is 5.75 Å². The molecule has 5 heteroatoms. The summed E-state index contributed by atoms with van der Waals surface area (Å²) >= 11 is 0. The van der Waals surface area contributed by atoms with E-state index in [1.807, 2.05) is 6.07 Å². The van der Waals surface area contributed by atoms with Crippen molar-refractivity contribution >= 4 is 16.9 Å². The topological polar surface area (TPSA) is 60.7 Å². The molecular weight excluding hydrogens is 282 g/mol. The summed E-state index contributed by atoms with van der Waals surface area (Å²) in [6.07, 6.45) is 5.41. The predicted molar refractivity (Wildman–Crippen MR) is 83.2 cm³/mol. The third-order valence-electron chi connectivity index (χ3n) is 3.67. The van der Waals surface area contributed by atoms with E-state index in [2.05, 4.69) is 11.9 Å². The zero-order chi connectivity index (χ0) is 15.4. The molecule has 5 nitrogen and oxygen atoms in total. The van der Waals surface area contributed by atoms with Crippen LogP contribution in [-0.2, 0) is 4.74 Å². The van der Waals surface area contributed by atoms with Gasteiger partial charge in [0, 0.05) is 18.7 Å². The van der Waals surface area contributed by atoms with Crippen LogP contribution in [0.3, 0.4) is 0 Å². The first-order valence-electron chi connectivity index (χ1n) is 7.42. The third kappa shape index (κ3) is 3.14. The van der Waals surface area contributed by atoms with Gasteiger partial charge in [0.15, 0.2) is 0 Å². The molecule has 2 aromatic rings. The van der Waals surface area contributed by atoms with Crippen LogP contribution in [0.15, 0.2) is 41.5 Å². The number of hydrogen-bond acceptors (Lipinski definition) is 4. The molecule has 0 aliphatic carbocycles. The molecule has 1 atom stereocenters. The molecule has 1 aromatic carbocycles. The fourth-order valence-electron chi connectivity index (χ4n) is 2.55. The average molecular weight is 301 g/mol. The maximum Gasteiger partial charge on any atom is 0.251 e. The average Bonchev–Trinajstić information content (AvgIpc) is 3.20. The molecule has 0 saturated carbocycles. The van der Waals surface area contributed by atoms with Crippen LogP contribution < -0.4 is 10.1 Å². The second-order valence-electron chi connectivity index (χ2n) is 5.25. The van der Waals surface area contributed by atoms with Crippen molar-refractivity contribution in [2.24, 2.45) is 0 Å². The molecule has 1 aromatic heterocycles. The number of carbonyl (C=O) groups is 1. The highest BCUT2D eigenvalue weighted by Gasteiger charge is 2.18. The highest BCUT2D eigenvalue weighted by Crippen LogP contribution is 2.28. The molecule has 0 radical (unpaired) electrons. The van der Waals surface area contributed by atoms with Crippen molar-refractivity contribution in [2.75, 3.05) is 19.8 Å². The fourth-order valence-corrected chi connectivity index (χ4v) is 2.55. The van der Waals surface area contributed by atoms with Crippen molar-refractivity contribution in [1.29, 1.82) is 0 Å². The molecule has 1 fully saturated rings. The van der Waals surface area contributed by atoms with Crippen LogP contribution in [0.2, 0.25) is 0 Å². The van der Waals surface area contributed by atoms with Crippen molar-refractivity contribution in [3.63, 3.8) is 0 Å². The Morgan fingerprint density at radius 3 is 3.18 bits per heavy atom. The molecule has 0 spiro atoms. The number of hydrogen-bond donors (Lipinski definition) is 1. The smallest absolute Gasteiger partial charge is 0.251 e. The number of rotatable bonds is 6. The van der Waals surface area contributed by atoms with Gasteiger partial charge in [-0.15, -0.1) is 0 Å². The standard InChI is InChI=1S/C17H19NO4/c1-2-6-21-15-9-12(10-16-14(15)5-8-22-16)17(19)18-11-13-4-3-7-20-13/h2,5,8-10,13H,1,3-4,6-7,11H2,(H,18,19)/t13-/m0/s1. The zero-order valence-electron chi connectivity index (χ0n) is 12.3. The van der Waals surface area contributed by atoms with Gasteiger partial charge in [-0.25, -0.2) is 0 Å². The largest absolute Gasteiger partial charge is 0.489 e. The zero-order valence-corrected chi connectivity index (χ0v) is 12.3. The summed E-state index contributed by atoms with van der Waals surface area (Å²) in [5, 5.41) is 3.74. The van der Waals surface area contributed by atoms with Gasteiger partial charge in [-0.05, 0) is 31.0 Å². The summed E-state index contributed by atoms with van der Waals surface area (Å²) in [6, 6.07) is 5.27. The van der Waals surface area contributed by atoms with Gasteiger partial charge in [0.1, 0.15) is 17.9 Å². The summed E-state index contributed by atoms with van der Waals surface area (Å²) in [6.45, 7) is 5.31. The molecule has 1 aliphatic rings. The Labute approximate surface area is 128 Å². The number of amides is 1. The van der Waals surface area contributed by atoms with Gasteiger partial charge in [0.05, 0.1) is 17.8 Å². The molecule has 2 heterocycles. The van der Waals surface area contributed by atoms with E-state index in [1.54, 1.807) is 24.5 Å². The van der Waals surface area contributed by atoms with Crippen molar-refractivity contribution < 1.29 is 18.7 Å². The first-order chi connectivity index (χ1) is 10.8. The molecule has 116 valence electrons. The van der Waals surface area contributed by atoms with E-state index < -0.39 is 0 Å². The Kier molecular flexibility index (Phi) is 4.44. The van der Waals surface area contributed by atoms with Gasteiger partial charge in [0.2, 0.25) is 0 Å². The summed E-state index contributed by atoms with van der Waals surface area (Å²) in [7, 11) is 0. The maximum absolute atomic E-state index is 12.3. The lowest BCUT2D eigenvalue weighted by Crippen LogP contribution is -2.31. The number of fused-ring (bicyclic) bond motifs is 1. The van der Waals surface area contributed by atoms with Crippen LogP contribution in [-0.4, -0.2) is 31.8 Å². The molecule has 0 unspecified atom stereocenters. The fraction of sp³-hybridized carbons (Fsp3) is 0.353. The predicted octanol–water partition coefficient (Wildman–Crippen LogP) is 2.91. The quantitative estimate of drug-likeness (QED) is 0.833. The van der Waals surface area contributed by atoms with Gasteiger partial charge in [0.25, 0.3) is 5.91 Å². The minimum Gasteiger partial charge on any atom is -0.489 e. The summed E-state index contributed by atoms with van der Waals surface area (Å²) in [4.78, 5) is 12.3. The Morgan fingerprint density at radius 2 is 2.41 bits per heavy atom. The number of carbonyl (C=O) groups excluding carboxylic acids is 1. The molecule has 1 saturated heterocycles. The number of nitrogens with one attached hydrogen (secondary N) is 1. The highest BCUT2D eigenvalue weighted by molar-refractivity contribution is 5.99. The molecular formula is C17H19NO4. The highest BCUT2D eigenvalue weighted by atomic mass is 16.5. The van der Waals surface area contributed by atoms with Crippen molar-refractivity contribution in [1.82, 2.24) is 5.32 Å². The lowest BCUT2D eigenvalue weighted by molar-refractivity contribution is 0.0857. The van der Waals surface area contributed by atoms with Crippen molar-refractivity contribution in [2.45, 2.75) is 18.9 Å². The molecule has 1 aliphatic heterocycles. The molecule has 1 N–H and O–H groups in total. The Morgan fingerprint density at radius 1 is 1.50 bits per heavy atom. The van der Waals surface area contributed by atoms with E-state index in [0.717, 1.165) is 24.8 Å². The van der Waals surface area contributed by atoms with Crippen LogP contribution in [0.5, 0.6) is 5.75 Å². The lowest BCUT2D eigenvalue weighted by Gasteiger charge is -2.12. The van der Waals surface area contributed by atoms with Gasteiger partial charge < -0.3 is 19.2 Å².